The van der Waals surface area contributed by atoms with Crippen LogP contribution in [-0.2, 0) is 9.53 Å². The first-order valence-corrected chi connectivity index (χ1v) is 9.98. The van der Waals surface area contributed by atoms with Crippen molar-refractivity contribution in [3.63, 3.8) is 0 Å². The minimum Gasteiger partial charge on any atom is -0.490 e. The number of methoxy groups -OCH3 is 1. The fourth-order valence-electron chi connectivity index (χ4n) is 3.35. The molecule has 0 aliphatic carbocycles. The molecule has 2 heterocycles. The lowest BCUT2D eigenvalue weighted by molar-refractivity contribution is -0.151. The Morgan fingerprint density at radius 3 is 2.60 bits per heavy atom. The number of rotatable bonds is 9. The highest BCUT2D eigenvalue weighted by molar-refractivity contribution is 6.06. The van der Waals surface area contributed by atoms with Crippen molar-refractivity contribution in [1.29, 1.82) is 0 Å². The molecule has 0 radical (unpaired) electrons. The fraction of sp³-hybridized carbons (Fsp3) is 0.455. The molecule has 0 saturated heterocycles. The summed E-state index contributed by atoms with van der Waals surface area (Å²) in [5.41, 5.74) is 0.283. The number of fused-ring (bicyclic) bond motifs is 2. The highest BCUT2D eigenvalue weighted by Gasteiger charge is 2.26. The van der Waals surface area contributed by atoms with Crippen molar-refractivity contribution in [2.75, 3.05) is 33.4 Å². The smallest absolute Gasteiger partial charge is 0.347 e. The van der Waals surface area contributed by atoms with Crippen LogP contribution in [0.15, 0.2) is 32.0 Å². The van der Waals surface area contributed by atoms with Crippen LogP contribution >= 0.6 is 0 Å². The Balaban J connectivity index is 1.94. The number of hydrogen-bond donors (Lipinski definition) is 0. The first-order chi connectivity index (χ1) is 14.4. The lowest BCUT2D eigenvalue weighted by Gasteiger charge is -2.19. The molecule has 8 nitrogen and oxygen atoms in total. The molecule has 0 aliphatic heterocycles. The highest BCUT2D eigenvalue weighted by atomic mass is 16.6. The summed E-state index contributed by atoms with van der Waals surface area (Å²) in [6.07, 6.45) is 0.528. The number of carbonyl (C=O) groups is 1. The number of esters is 1. The molecule has 0 fully saturated rings. The number of carbonyl (C=O) groups excluding carboxylic acids is 1. The van der Waals surface area contributed by atoms with Crippen LogP contribution < -0.4 is 14.9 Å². The second-order valence-electron chi connectivity index (χ2n) is 6.91. The van der Waals surface area contributed by atoms with Crippen LogP contribution in [0, 0.1) is 6.92 Å². The van der Waals surface area contributed by atoms with Gasteiger partial charge in [-0.15, -0.1) is 0 Å². The van der Waals surface area contributed by atoms with Gasteiger partial charge < -0.3 is 27.9 Å². The Morgan fingerprint density at radius 2 is 1.93 bits per heavy atom. The number of ether oxygens (including phenoxy) is 3. The van der Waals surface area contributed by atoms with Crippen LogP contribution in [0.2, 0.25) is 0 Å². The van der Waals surface area contributed by atoms with Crippen molar-refractivity contribution >= 4 is 27.9 Å². The Hall–Kier alpha value is -3.00. The molecule has 1 aromatic carbocycles. The predicted octanol–water partition coefficient (Wildman–Crippen LogP) is 3.51. The zero-order valence-corrected chi connectivity index (χ0v) is 17.9. The van der Waals surface area contributed by atoms with Crippen LogP contribution in [0.25, 0.3) is 21.9 Å². The van der Waals surface area contributed by atoms with Crippen LogP contribution in [0.5, 0.6) is 11.5 Å². The van der Waals surface area contributed by atoms with Crippen molar-refractivity contribution in [2.24, 2.45) is 0 Å². The van der Waals surface area contributed by atoms with Crippen LogP contribution in [-0.4, -0.2) is 50.3 Å². The van der Waals surface area contributed by atoms with Gasteiger partial charge in [0.25, 0.3) is 0 Å². The summed E-state index contributed by atoms with van der Waals surface area (Å²) in [5.74, 6) is 0.412. The minimum atomic E-state index is -0.933. The molecule has 0 bridgehead atoms. The SMILES string of the molecule is CCN(CC)CCOC(=O)[C@H](C)Oc1c2ccoc2c(OC)c2oc(C)cc(=O)c12. The summed E-state index contributed by atoms with van der Waals surface area (Å²) in [6.45, 7) is 10.0. The zero-order valence-electron chi connectivity index (χ0n) is 17.9. The van der Waals surface area contributed by atoms with Gasteiger partial charge in [-0.3, -0.25) is 4.79 Å². The second-order valence-corrected chi connectivity index (χ2v) is 6.91. The van der Waals surface area contributed by atoms with E-state index < -0.39 is 12.1 Å². The molecule has 1 atom stereocenters. The number of nitrogens with zero attached hydrogens (tertiary/aromatic N) is 1. The van der Waals surface area contributed by atoms with Gasteiger partial charge >= 0.3 is 5.97 Å². The van der Waals surface area contributed by atoms with E-state index >= 15 is 0 Å². The third kappa shape index (κ3) is 4.14. The number of benzene rings is 1. The summed E-state index contributed by atoms with van der Waals surface area (Å²) >= 11 is 0. The van der Waals surface area contributed by atoms with Crippen LogP contribution in [0.1, 0.15) is 26.5 Å². The first-order valence-electron chi connectivity index (χ1n) is 9.98. The fourth-order valence-corrected chi connectivity index (χ4v) is 3.35. The molecule has 0 unspecified atom stereocenters. The lowest BCUT2D eigenvalue weighted by Crippen LogP contribution is -2.31. The van der Waals surface area contributed by atoms with Gasteiger partial charge in [0.2, 0.25) is 5.75 Å². The van der Waals surface area contributed by atoms with Crippen molar-refractivity contribution < 1.29 is 27.8 Å². The van der Waals surface area contributed by atoms with E-state index in [1.54, 1.807) is 19.9 Å². The van der Waals surface area contributed by atoms with E-state index in [-0.39, 0.29) is 28.8 Å². The van der Waals surface area contributed by atoms with Gasteiger partial charge in [0, 0.05) is 12.6 Å². The van der Waals surface area contributed by atoms with Gasteiger partial charge in [0.05, 0.1) is 18.8 Å². The number of likely N-dealkylation sites (N-methyl/N-ethyl adjacent to an activating group) is 1. The summed E-state index contributed by atoms with van der Waals surface area (Å²) in [7, 11) is 1.47. The monoisotopic (exact) mass is 417 g/mol. The van der Waals surface area contributed by atoms with Crippen LogP contribution in [0.3, 0.4) is 0 Å². The third-order valence-electron chi connectivity index (χ3n) is 5.00. The largest absolute Gasteiger partial charge is 0.490 e. The number of hydrogen-bond acceptors (Lipinski definition) is 8. The normalized spacial score (nSPS) is 12.5. The molecule has 162 valence electrons. The van der Waals surface area contributed by atoms with Gasteiger partial charge in [-0.25, -0.2) is 4.79 Å². The maximum atomic E-state index is 12.8. The molecular formula is C22H27NO7. The number of furan rings is 1. The van der Waals surface area contributed by atoms with E-state index in [0.29, 0.717) is 29.0 Å². The van der Waals surface area contributed by atoms with E-state index in [0.717, 1.165) is 13.1 Å². The van der Waals surface area contributed by atoms with Crippen molar-refractivity contribution in [1.82, 2.24) is 4.90 Å². The highest BCUT2D eigenvalue weighted by Crippen LogP contribution is 2.42. The molecule has 0 N–H and O–H groups in total. The van der Waals surface area contributed by atoms with E-state index in [1.807, 2.05) is 0 Å². The lowest BCUT2D eigenvalue weighted by atomic mass is 10.1. The molecule has 0 spiro atoms. The van der Waals surface area contributed by atoms with Crippen molar-refractivity contribution in [2.45, 2.75) is 33.8 Å². The molecule has 30 heavy (non-hydrogen) atoms. The third-order valence-corrected chi connectivity index (χ3v) is 5.00. The molecule has 8 heteroatoms. The quantitative estimate of drug-likeness (QED) is 0.489. The van der Waals surface area contributed by atoms with Crippen molar-refractivity contribution in [3.8, 4) is 11.5 Å². The Morgan fingerprint density at radius 1 is 1.20 bits per heavy atom. The van der Waals surface area contributed by atoms with E-state index in [9.17, 15) is 9.59 Å². The average molecular weight is 417 g/mol. The molecule has 0 aliphatic rings. The van der Waals surface area contributed by atoms with Crippen LogP contribution in [0.4, 0.5) is 0 Å². The van der Waals surface area contributed by atoms with E-state index in [1.165, 1.54) is 19.4 Å². The van der Waals surface area contributed by atoms with Gasteiger partial charge in [0.1, 0.15) is 23.5 Å². The molecular weight excluding hydrogens is 390 g/mol. The molecule has 3 rings (SSSR count). The maximum absolute atomic E-state index is 12.8. The van der Waals surface area contributed by atoms with Gasteiger partial charge in [-0.1, -0.05) is 13.8 Å². The molecule has 0 saturated carbocycles. The molecule has 0 amide bonds. The predicted molar refractivity (Wildman–Crippen MR) is 112 cm³/mol. The number of aryl methyl sites for hydroxylation is 1. The summed E-state index contributed by atoms with van der Waals surface area (Å²) in [4.78, 5) is 27.4. The first kappa shape index (κ1) is 21.7. The standard InChI is InChI=1S/C22H27NO7/c1-6-23(7-2)9-11-28-22(25)14(4)30-18-15-8-10-27-19(15)21(26-5)20-17(18)16(24)12-13(3)29-20/h8,10,12,14H,6-7,9,11H2,1-5H3/t14-/m0/s1. The van der Waals surface area contributed by atoms with Gasteiger partial charge in [-0.2, -0.15) is 0 Å². The summed E-state index contributed by atoms with van der Waals surface area (Å²) in [5, 5.41) is 0.701. The minimum absolute atomic E-state index is 0.189. The van der Waals surface area contributed by atoms with Gasteiger partial charge in [-0.05, 0) is 33.0 Å². The summed E-state index contributed by atoms with van der Waals surface area (Å²) < 4.78 is 28.0. The maximum Gasteiger partial charge on any atom is 0.347 e. The Bertz CT molecular complexity index is 1090. The van der Waals surface area contributed by atoms with Gasteiger partial charge in [0.15, 0.2) is 22.7 Å². The Kier molecular flexibility index (Phi) is 6.66. The Labute approximate surface area is 174 Å². The van der Waals surface area contributed by atoms with E-state index in [2.05, 4.69) is 18.7 Å². The summed E-state index contributed by atoms with van der Waals surface area (Å²) in [6, 6.07) is 3.03. The topological polar surface area (TPSA) is 91.3 Å². The molecule has 2 aromatic heterocycles. The van der Waals surface area contributed by atoms with Crippen molar-refractivity contribution in [3.05, 3.63) is 34.4 Å². The van der Waals surface area contributed by atoms with E-state index in [4.69, 9.17) is 23.0 Å². The second kappa shape index (κ2) is 9.21. The molecule has 3 aromatic rings. The zero-order chi connectivity index (χ0) is 21.8. The average Bonchev–Trinajstić information content (AvgIpc) is 3.20.